The van der Waals surface area contributed by atoms with Gasteiger partial charge in [-0.2, -0.15) is 0 Å². The molecule has 2 aromatic heterocycles. The molecule has 0 aliphatic heterocycles. The lowest BCUT2D eigenvalue weighted by Crippen LogP contribution is -2.26. The summed E-state index contributed by atoms with van der Waals surface area (Å²) in [5.74, 6) is 0.513. The number of nitrogens with zero attached hydrogens (tertiary/aromatic N) is 1. The second kappa shape index (κ2) is 7.21. The van der Waals surface area contributed by atoms with Gasteiger partial charge in [-0.05, 0) is 37.6 Å². The number of hydrogen-bond donors (Lipinski definition) is 1. The molecule has 0 bridgehead atoms. The quantitative estimate of drug-likeness (QED) is 0.777. The Labute approximate surface area is 145 Å². The van der Waals surface area contributed by atoms with Crippen LogP contribution in [0.1, 0.15) is 40.4 Å². The Kier molecular flexibility index (Phi) is 4.84. The predicted molar refractivity (Wildman–Crippen MR) is 95.6 cm³/mol. The highest BCUT2D eigenvalue weighted by Gasteiger charge is 2.15. The maximum Gasteiger partial charge on any atom is 0.287 e. The number of aromatic nitrogens is 1. The van der Waals surface area contributed by atoms with E-state index in [1.54, 1.807) is 30.5 Å². The number of hydrogen-bond acceptors (Lipinski definition) is 3. The number of aryl methyl sites for hydroxylation is 1. The van der Waals surface area contributed by atoms with Crippen LogP contribution in [-0.4, -0.2) is 10.5 Å². The van der Waals surface area contributed by atoms with Crippen LogP contribution >= 0.6 is 0 Å². The maximum absolute atomic E-state index is 12.4. The SMILES string of the molecule is Cc1ccc(C(C)NC(=O)c2ccc(Cn3ccccc3=O)o2)cc1. The normalized spacial score (nSPS) is 11.9. The Morgan fingerprint density at radius 1 is 1.12 bits per heavy atom. The molecular formula is C20H20N2O3. The monoisotopic (exact) mass is 336 g/mol. The third kappa shape index (κ3) is 4.07. The molecule has 1 atom stereocenters. The summed E-state index contributed by atoms with van der Waals surface area (Å²) in [6.45, 7) is 4.24. The number of rotatable bonds is 5. The van der Waals surface area contributed by atoms with Gasteiger partial charge < -0.3 is 14.3 Å². The highest BCUT2D eigenvalue weighted by atomic mass is 16.4. The van der Waals surface area contributed by atoms with Crippen LogP contribution in [0, 0.1) is 6.92 Å². The highest BCUT2D eigenvalue weighted by molar-refractivity contribution is 5.91. The Bertz CT molecular complexity index is 922. The second-order valence-electron chi connectivity index (χ2n) is 6.04. The fraction of sp³-hybridized carbons (Fsp3) is 0.200. The number of pyridine rings is 1. The van der Waals surface area contributed by atoms with Crippen LogP contribution in [0.2, 0.25) is 0 Å². The summed E-state index contributed by atoms with van der Waals surface area (Å²) in [6, 6.07) is 16.2. The van der Waals surface area contributed by atoms with Crippen molar-refractivity contribution in [1.29, 1.82) is 0 Å². The third-order valence-corrected chi connectivity index (χ3v) is 4.04. The molecule has 1 unspecified atom stereocenters. The number of nitrogens with one attached hydrogen (secondary N) is 1. The average molecular weight is 336 g/mol. The van der Waals surface area contributed by atoms with Crippen LogP contribution in [0.15, 0.2) is 70.0 Å². The molecule has 0 aliphatic carbocycles. The molecular weight excluding hydrogens is 316 g/mol. The van der Waals surface area contributed by atoms with Crippen LogP contribution in [-0.2, 0) is 6.54 Å². The van der Waals surface area contributed by atoms with Crippen molar-refractivity contribution in [3.8, 4) is 0 Å². The van der Waals surface area contributed by atoms with E-state index in [1.807, 2.05) is 38.1 Å². The molecule has 2 heterocycles. The fourth-order valence-electron chi connectivity index (χ4n) is 2.55. The molecule has 1 aromatic carbocycles. The zero-order valence-electron chi connectivity index (χ0n) is 14.2. The predicted octanol–water partition coefficient (Wildman–Crippen LogP) is 3.29. The fourth-order valence-corrected chi connectivity index (χ4v) is 2.55. The number of benzene rings is 1. The van der Waals surface area contributed by atoms with Crippen molar-refractivity contribution in [2.75, 3.05) is 0 Å². The van der Waals surface area contributed by atoms with Crippen molar-refractivity contribution in [3.05, 3.63) is 93.8 Å². The summed E-state index contributed by atoms with van der Waals surface area (Å²) in [7, 11) is 0. The molecule has 0 saturated heterocycles. The van der Waals surface area contributed by atoms with Gasteiger partial charge in [-0.3, -0.25) is 9.59 Å². The minimum Gasteiger partial charge on any atom is -0.454 e. The molecule has 1 N–H and O–H groups in total. The van der Waals surface area contributed by atoms with Gasteiger partial charge in [0.15, 0.2) is 5.76 Å². The van der Waals surface area contributed by atoms with Gasteiger partial charge in [0.05, 0.1) is 12.6 Å². The first-order valence-electron chi connectivity index (χ1n) is 8.14. The molecule has 0 aliphatic rings. The van der Waals surface area contributed by atoms with E-state index in [0.717, 1.165) is 5.56 Å². The lowest BCUT2D eigenvalue weighted by molar-refractivity contribution is 0.0910. The Morgan fingerprint density at radius 2 is 1.88 bits per heavy atom. The standard InChI is InChI=1S/C20H20N2O3/c1-14-6-8-16(9-7-14)15(2)21-20(24)18-11-10-17(25-18)13-22-12-4-3-5-19(22)23/h3-12,15H,13H2,1-2H3,(H,21,24). The molecule has 0 radical (unpaired) electrons. The molecule has 128 valence electrons. The van der Waals surface area contributed by atoms with E-state index in [-0.39, 0.29) is 23.3 Å². The van der Waals surface area contributed by atoms with Gasteiger partial charge >= 0.3 is 0 Å². The molecule has 5 nitrogen and oxygen atoms in total. The number of carbonyl (C=O) groups is 1. The van der Waals surface area contributed by atoms with Crippen LogP contribution < -0.4 is 10.9 Å². The molecule has 3 aromatic rings. The first-order valence-corrected chi connectivity index (χ1v) is 8.14. The van der Waals surface area contributed by atoms with Gasteiger partial charge in [-0.25, -0.2) is 0 Å². The van der Waals surface area contributed by atoms with E-state index in [4.69, 9.17) is 4.42 Å². The number of furan rings is 1. The minimum absolute atomic E-state index is 0.113. The van der Waals surface area contributed by atoms with Gasteiger partial charge in [0.2, 0.25) is 0 Å². The van der Waals surface area contributed by atoms with Crippen molar-refractivity contribution in [3.63, 3.8) is 0 Å². The Morgan fingerprint density at radius 3 is 2.60 bits per heavy atom. The van der Waals surface area contributed by atoms with Gasteiger partial charge in [-0.15, -0.1) is 0 Å². The molecule has 5 heteroatoms. The topological polar surface area (TPSA) is 64.2 Å². The summed E-state index contributed by atoms with van der Waals surface area (Å²) in [5.41, 5.74) is 2.09. The maximum atomic E-state index is 12.4. The van der Waals surface area contributed by atoms with E-state index >= 15 is 0 Å². The highest BCUT2D eigenvalue weighted by Crippen LogP contribution is 2.15. The summed E-state index contributed by atoms with van der Waals surface area (Å²) in [5, 5.41) is 2.92. The van der Waals surface area contributed by atoms with E-state index in [9.17, 15) is 9.59 Å². The van der Waals surface area contributed by atoms with E-state index in [1.165, 1.54) is 16.2 Å². The van der Waals surface area contributed by atoms with Crippen LogP contribution in [0.4, 0.5) is 0 Å². The van der Waals surface area contributed by atoms with Crippen LogP contribution in [0.25, 0.3) is 0 Å². The van der Waals surface area contributed by atoms with Crippen LogP contribution in [0.3, 0.4) is 0 Å². The summed E-state index contributed by atoms with van der Waals surface area (Å²) < 4.78 is 7.11. The first-order chi connectivity index (χ1) is 12.0. The zero-order chi connectivity index (χ0) is 17.8. The zero-order valence-corrected chi connectivity index (χ0v) is 14.2. The van der Waals surface area contributed by atoms with E-state index < -0.39 is 0 Å². The molecule has 0 spiro atoms. The molecule has 0 saturated carbocycles. The van der Waals surface area contributed by atoms with Crippen molar-refractivity contribution >= 4 is 5.91 Å². The van der Waals surface area contributed by atoms with Crippen molar-refractivity contribution < 1.29 is 9.21 Å². The molecule has 3 rings (SSSR count). The van der Waals surface area contributed by atoms with E-state index in [0.29, 0.717) is 12.3 Å². The Hall–Kier alpha value is -3.08. The third-order valence-electron chi connectivity index (χ3n) is 4.04. The molecule has 0 fully saturated rings. The molecule has 25 heavy (non-hydrogen) atoms. The number of carbonyl (C=O) groups excluding carboxylic acids is 1. The van der Waals surface area contributed by atoms with E-state index in [2.05, 4.69) is 5.32 Å². The minimum atomic E-state index is -0.278. The lowest BCUT2D eigenvalue weighted by Gasteiger charge is -2.13. The average Bonchev–Trinajstić information content (AvgIpc) is 3.06. The van der Waals surface area contributed by atoms with Gasteiger partial charge in [-0.1, -0.05) is 35.9 Å². The van der Waals surface area contributed by atoms with Crippen molar-refractivity contribution in [2.24, 2.45) is 0 Å². The van der Waals surface area contributed by atoms with Gasteiger partial charge in [0.25, 0.3) is 11.5 Å². The van der Waals surface area contributed by atoms with Crippen molar-refractivity contribution in [1.82, 2.24) is 9.88 Å². The first kappa shape index (κ1) is 16.8. The lowest BCUT2D eigenvalue weighted by atomic mass is 10.1. The number of amides is 1. The van der Waals surface area contributed by atoms with Gasteiger partial charge in [0.1, 0.15) is 5.76 Å². The summed E-state index contributed by atoms with van der Waals surface area (Å²) in [6.07, 6.45) is 1.68. The molecule has 1 amide bonds. The van der Waals surface area contributed by atoms with Crippen LogP contribution in [0.5, 0.6) is 0 Å². The largest absolute Gasteiger partial charge is 0.454 e. The van der Waals surface area contributed by atoms with Gasteiger partial charge in [0, 0.05) is 12.3 Å². The smallest absolute Gasteiger partial charge is 0.287 e. The van der Waals surface area contributed by atoms with Crippen molar-refractivity contribution in [2.45, 2.75) is 26.4 Å². The summed E-state index contributed by atoms with van der Waals surface area (Å²) >= 11 is 0. The Balaban J connectivity index is 1.67. The second-order valence-corrected chi connectivity index (χ2v) is 6.04. The summed E-state index contributed by atoms with van der Waals surface area (Å²) in [4.78, 5) is 24.1.